The molecule has 0 radical (unpaired) electrons. The van der Waals surface area contributed by atoms with Gasteiger partial charge in [-0.15, -0.1) is 0 Å². The molecule has 3 nitrogen and oxygen atoms in total. The summed E-state index contributed by atoms with van der Waals surface area (Å²) in [5.74, 6) is 0. The van der Waals surface area contributed by atoms with Crippen LogP contribution >= 0.6 is 0 Å². The highest BCUT2D eigenvalue weighted by molar-refractivity contribution is 4.65. The normalized spacial score (nSPS) is 16.4. The summed E-state index contributed by atoms with van der Waals surface area (Å²) >= 11 is 0. The SMILES string of the molecule is CCC(CCO)NCC(C)O. The van der Waals surface area contributed by atoms with Crippen LogP contribution in [-0.2, 0) is 0 Å². The van der Waals surface area contributed by atoms with Gasteiger partial charge in [0.05, 0.1) is 6.10 Å². The smallest absolute Gasteiger partial charge is 0.0636 e. The summed E-state index contributed by atoms with van der Waals surface area (Å²) in [5, 5.41) is 20.7. The molecule has 2 unspecified atom stereocenters. The largest absolute Gasteiger partial charge is 0.396 e. The molecule has 11 heavy (non-hydrogen) atoms. The van der Waals surface area contributed by atoms with Crippen molar-refractivity contribution >= 4 is 0 Å². The molecule has 0 aromatic heterocycles. The van der Waals surface area contributed by atoms with E-state index < -0.39 is 0 Å². The molecule has 0 heterocycles. The quantitative estimate of drug-likeness (QED) is 0.518. The fourth-order valence-corrected chi connectivity index (χ4v) is 0.944. The summed E-state index contributed by atoms with van der Waals surface area (Å²) in [7, 11) is 0. The first-order valence-electron chi connectivity index (χ1n) is 4.23. The van der Waals surface area contributed by atoms with E-state index in [1.165, 1.54) is 0 Å². The van der Waals surface area contributed by atoms with E-state index in [1.807, 2.05) is 0 Å². The van der Waals surface area contributed by atoms with Gasteiger partial charge in [0.25, 0.3) is 0 Å². The zero-order chi connectivity index (χ0) is 8.69. The standard InChI is InChI=1S/C8H19NO2/c1-3-8(4-5-10)9-6-7(2)11/h7-11H,3-6H2,1-2H3. The topological polar surface area (TPSA) is 52.5 Å². The maximum absolute atomic E-state index is 8.94. The van der Waals surface area contributed by atoms with E-state index in [1.54, 1.807) is 6.92 Å². The van der Waals surface area contributed by atoms with Crippen LogP contribution in [-0.4, -0.2) is 35.5 Å². The average molecular weight is 161 g/mol. The van der Waals surface area contributed by atoms with Crippen molar-refractivity contribution in [2.45, 2.75) is 38.8 Å². The molecule has 68 valence electrons. The molecular formula is C8H19NO2. The lowest BCUT2D eigenvalue weighted by Gasteiger charge is -2.16. The first-order chi connectivity index (χ1) is 5.20. The first-order valence-corrected chi connectivity index (χ1v) is 4.23. The maximum atomic E-state index is 8.94. The van der Waals surface area contributed by atoms with Gasteiger partial charge in [0.15, 0.2) is 0 Å². The van der Waals surface area contributed by atoms with Crippen LogP contribution in [0.5, 0.6) is 0 Å². The number of hydrogen-bond donors (Lipinski definition) is 3. The zero-order valence-corrected chi connectivity index (χ0v) is 7.38. The molecule has 0 amide bonds. The van der Waals surface area contributed by atoms with E-state index in [0.29, 0.717) is 12.6 Å². The van der Waals surface area contributed by atoms with Gasteiger partial charge >= 0.3 is 0 Å². The highest BCUT2D eigenvalue weighted by Crippen LogP contribution is 1.95. The van der Waals surface area contributed by atoms with Gasteiger partial charge < -0.3 is 15.5 Å². The summed E-state index contributed by atoms with van der Waals surface area (Å²) in [6.45, 7) is 4.64. The number of aliphatic hydroxyl groups excluding tert-OH is 2. The molecule has 0 rings (SSSR count). The summed E-state index contributed by atoms with van der Waals surface area (Å²) < 4.78 is 0. The van der Waals surface area contributed by atoms with E-state index in [4.69, 9.17) is 10.2 Å². The molecule has 0 saturated carbocycles. The molecule has 0 aromatic carbocycles. The Morgan fingerprint density at radius 2 is 2.09 bits per heavy atom. The Morgan fingerprint density at radius 3 is 2.45 bits per heavy atom. The highest BCUT2D eigenvalue weighted by atomic mass is 16.3. The lowest BCUT2D eigenvalue weighted by atomic mass is 10.1. The minimum absolute atomic E-state index is 0.214. The second-order valence-electron chi connectivity index (χ2n) is 2.87. The molecule has 0 aliphatic carbocycles. The van der Waals surface area contributed by atoms with E-state index in [9.17, 15) is 0 Å². The Morgan fingerprint density at radius 1 is 1.45 bits per heavy atom. The Kier molecular flexibility index (Phi) is 6.51. The predicted octanol–water partition coefficient (Wildman–Crippen LogP) is 0.118. The van der Waals surface area contributed by atoms with E-state index >= 15 is 0 Å². The van der Waals surface area contributed by atoms with Crippen LogP contribution in [0.3, 0.4) is 0 Å². The van der Waals surface area contributed by atoms with Crippen LogP contribution < -0.4 is 5.32 Å². The van der Waals surface area contributed by atoms with Crippen LogP contribution in [0.4, 0.5) is 0 Å². The van der Waals surface area contributed by atoms with Crippen molar-refractivity contribution < 1.29 is 10.2 Å². The molecule has 0 saturated heterocycles. The Hall–Kier alpha value is -0.120. The van der Waals surface area contributed by atoms with Crippen molar-refractivity contribution in [2.24, 2.45) is 0 Å². The molecule has 0 spiro atoms. The van der Waals surface area contributed by atoms with Gasteiger partial charge in [0, 0.05) is 19.2 Å². The molecule has 0 aliphatic rings. The average Bonchev–Trinajstić information content (AvgIpc) is 1.97. The van der Waals surface area contributed by atoms with E-state index in [2.05, 4.69) is 12.2 Å². The van der Waals surface area contributed by atoms with Gasteiger partial charge in [-0.1, -0.05) is 6.92 Å². The summed E-state index contributed by atoms with van der Waals surface area (Å²) in [4.78, 5) is 0. The number of nitrogens with one attached hydrogen (secondary N) is 1. The number of aliphatic hydroxyl groups is 2. The Labute approximate surface area is 68.4 Å². The third kappa shape index (κ3) is 6.28. The van der Waals surface area contributed by atoms with E-state index in [0.717, 1.165) is 12.8 Å². The highest BCUT2D eigenvalue weighted by Gasteiger charge is 2.04. The van der Waals surface area contributed by atoms with Crippen molar-refractivity contribution in [2.75, 3.05) is 13.2 Å². The summed E-state index contributed by atoms with van der Waals surface area (Å²) in [5.41, 5.74) is 0. The lowest BCUT2D eigenvalue weighted by molar-refractivity contribution is 0.180. The fraction of sp³-hybridized carbons (Fsp3) is 1.00. The van der Waals surface area contributed by atoms with Gasteiger partial charge in [0.1, 0.15) is 0 Å². The van der Waals surface area contributed by atoms with Crippen LogP contribution in [0.2, 0.25) is 0 Å². The van der Waals surface area contributed by atoms with Gasteiger partial charge in [-0.25, -0.2) is 0 Å². The van der Waals surface area contributed by atoms with E-state index in [-0.39, 0.29) is 12.7 Å². The number of hydrogen-bond acceptors (Lipinski definition) is 3. The van der Waals surface area contributed by atoms with Crippen LogP contribution in [0.1, 0.15) is 26.7 Å². The van der Waals surface area contributed by atoms with Crippen molar-refractivity contribution in [1.82, 2.24) is 5.32 Å². The molecule has 3 N–H and O–H groups in total. The molecule has 3 heteroatoms. The summed E-state index contributed by atoms with van der Waals surface area (Å²) in [6, 6.07) is 0.342. The lowest BCUT2D eigenvalue weighted by Crippen LogP contribution is -2.34. The van der Waals surface area contributed by atoms with Crippen molar-refractivity contribution in [3.8, 4) is 0 Å². The molecule has 2 atom stereocenters. The third-order valence-corrected chi connectivity index (χ3v) is 1.67. The predicted molar refractivity (Wildman–Crippen MR) is 45.5 cm³/mol. The molecule has 0 bridgehead atoms. The van der Waals surface area contributed by atoms with Gasteiger partial charge in [-0.3, -0.25) is 0 Å². The van der Waals surface area contributed by atoms with Crippen LogP contribution in [0.25, 0.3) is 0 Å². The molecule has 0 aliphatic heterocycles. The third-order valence-electron chi connectivity index (χ3n) is 1.67. The minimum Gasteiger partial charge on any atom is -0.396 e. The number of rotatable bonds is 6. The Balaban J connectivity index is 3.35. The van der Waals surface area contributed by atoms with Crippen LogP contribution in [0.15, 0.2) is 0 Å². The first kappa shape index (κ1) is 10.9. The Bertz CT molecular complexity index is 86.2. The van der Waals surface area contributed by atoms with Crippen molar-refractivity contribution in [3.05, 3.63) is 0 Å². The second-order valence-corrected chi connectivity index (χ2v) is 2.87. The molecule has 0 aromatic rings. The van der Waals surface area contributed by atoms with Gasteiger partial charge in [0.2, 0.25) is 0 Å². The molecule has 0 fully saturated rings. The fourth-order valence-electron chi connectivity index (χ4n) is 0.944. The monoisotopic (exact) mass is 161 g/mol. The van der Waals surface area contributed by atoms with Crippen molar-refractivity contribution in [1.29, 1.82) is 0 Å². The minimum atomic E-state index is -0.303. The van der Waals surface area contributed by atoms with Gasteiger partial charge in [-0.2, -0.15) is 0 Å². The van der Waals surface area contributed by atoms with Crippen molar-refractivity contribution in [3.63, 3.8) is 0 Å². The van der Waals surface area contributed by atoms with Crippen LogP contribution in [0, 0.1) is 0 Å². The zero-order valence-electron chi connectivity index (χ0n) is 7.38. The second kappa shape index (κ2) is 6.58. The summed E-state index contributed by atoms with van der Waals surface area (Å²) in [6.07, 6.45) is 1.46. The maximum Gasteiger partial charge on any atom is 0.0636 e. The van der Waals surface area contributed by atoms with Gasteiger partial charge in [-0.05, 0) is 19.8 Å². The molecular weight excluding hydrogens is 142 g/mol.